The van der Waals surface area contributed by atoms with Crippen molar-refractivity contribution in [3.05, 3.63) is 16.5 Å². The summed E-state index contributed by atoms with van der Waals surface area (Å²) in [6, 6.07) is 0. The lowest BCUT2D eigenvalue weighted by atomic mass is 10.1. The molecular formula is C10H13BrN4O2. The number of anilines is 1. The summed E-state index contributed by atoms with van der Waals surface area (Å²) in [6.45, 7) is 1.04. The number of hydrogen-bond donors (Lipinski definition) is 2. The minimum Gasteiger partial charge on any atom is -0.393 e. The molecule has 1 aliphatic rings. The van der Waals surface area contributed by atoms with E-state index >= 15 is 0 Å². The molecule has 0 saturated carbocycles. The van der Waals surface area contributed by atoms with E-state index in [2.05, 4.69) is 25.9 Å². The van der Waals surface area contributed by atoms with E-state index in [1.54, 1.807) is 4.90 Å². The van der Waals surface area contributed by atoms with Crippen molar-refractivity contribution in [3.63, 3.8) is 0 Å². The van der Waals surface area contributed by atoms with Crippen molar-refractivity contribution in [1.82, 2.24) is 14.9 Å². The molecule has 1 fully saturated rings. The molecule has 1 aliphatic heterocycles. The van der Waals surface area contributed by atoms with Crippen LogP contribution in [0.5, 0.6) is 0 Å². The van der Waals surface area contributed by atoms with Crippen molar-refractivity contribution < 1.29 is 9.90 Å². The topological polar surface area (TPSA) is 92.3 Å². The third-order valence-corrected chi connectivity index (χ3v) is 3.11. The summed E-state index contributed by atoms with van der Waals surface area (Å²) in [6.07, 6.45) is 2.32. The Morgan fingerprint density at radius 2 is 2.18 bits per heavy atom. The van der Waals surface area contributed by atoms with Crippen LogP contribution in [0.25, 0.3) is 0 Å². The maximum atomic E-state index is 12.1. The highest BCUT2D eigenvalue weighted by atomic mass is 79.9. The molecule has 1 saturated heterocycles. The van der Waals surface area contributed by atoms with E-state index in [0.29, 0.717) is 30.5 Å². The SMILES string of the molecule is Nc1ncc(Br)nc1C(=O)N1CCC(O)CC1. The van der Waals surface area contributed by atoms with Crippen LogP contribution in [0.4, 0.5) is 5.82 Å². The van der Waals surface area contributed by atoms with E-state index in [0.717, 1.165) is 0 Å². The van der Waals surface area contributed by atoms with Gasteiger partial charge in [-0.2, -0.15) is 0 Å². The van der Waals surface area contributed by atoms with E-state index in [9.17, 15) is 9.90 Å². The predicted molar refractivity (Wildman–Crippen MR) is 65.3 cm³/mol. The lowest BCUT2D eigenvalue weighted by molar-refractivity contribution is 0.0542. The first-order chi connectivity index (χ1) is 8.08. The lowest BCUT2D eigenvalue weighted by Crippen LogP contribution is -2.40. The molecule has 0 bridgehead atoms. The van der Waals surface area contributed by atoms with Crippen molar-refractivity contribution in [3.8, 4) is 0 Å². The molecule has 3 N–H and O–H groups in total. The predicted octanol–water partition coefficient (Wildman–Crippen LogP) is 0.418. The number of rotatable bonds is 1. The molecule has 0 aliphatic carbocycles. The highest BCUT2D eigenvalue weighted by molar-refractivity contribution is 9.10. The Bertz CT molecular complexity index is 432. The number of halogens is 1. The molecule has 7 heteroatoms. The summed E-state index contributed by atoms with van der Waals surface area (Å²) in [5.41, 5.74) is 5.80. The first-order valence-corrected chi connectivity index (χ1v) is 6.12. The zero-order valence-corrected chi connectivity index (χ0v) is 10.7. The molecule has 1 aromatic heterocycles. The van der Waals surface area contributed by atoms with Crippen LogP contribution in [-0.4, -0.2) is 45.1 Å². The monoisotopic (exact) mass is 300 g/mol. The smallest absolute Gasteiger partial charge is 0.276 e. The van der Waals surface area contributed by atoms with Crippen LogP contribution in [0.15, 0.2) is 10.8 Å². The van der Waals surface area contributed by atoms with Gasteiger partial charge in [-0.3, -0.25) is 4.79 Å². The maximum Gasteiger partial charge on any atom is 0.276 e. The van der Waals surface area contributed by atoms with Crippen molar-refractivity contribution in [2.75, 3.05) is 18.8 Å². The lowest BCUT2D eigenvalue weighted by Gasteiger charge is -2.29. The second kappa shape index (κ2) is 4.97. The van der Waals surface area contributed by atoms with Crippen LogP contribution in [0.3, 0.4) is 0 Å². The average Bonchev–Trinajstić information content (AvgIpc) is 2.32. The van der Waals surface area contributed by atoms with E-state index in [1.807, 2.05) is 0 Å². The summed E-state index contributed by atoms with van der Waals surface area (Å²) in [7, 11) is 0. The van der Waals surface area contributed by atoms with E-state index in [-0.39, 0.29) is 23.5 Å². The zero-order valence-electron chi connectivity index (χ0n) is 9.14. The summed E-state index contributed by atoms with van der Waals surface area (Å²) >= 11 is 3.16. The summed E-state index contributed by atoms with van der Waals surface area (Å²) in [5.74, 6) is -0.104. The normalized spacial score (nSPS) is 17.2. The number of nitrogens with zero attached hydrogens (tertiary/aromatic N) is 3. The molecular weight excluding hydrogens is 288 g/mol. The molecule has 1 amide bonds. The van der Waals surface area contributed by atoms with Gasteiger partial charge in [0.25, 0.3) is 5.91 Å². The minimum absolute atomic E-state index is 0.129. The average molecular weight is 301 g/mol. The van der Waals surface area contributed by atoms with Gasteiger partial charge >= 0.3 is 0 Å². The molecule has 2 heterocycles. The number of piperidine rings is 1. The first-order valence-electron chi connectivity index (χ1n) is 5.33. The van der Waals surface area contributed by atoms with Gasteiger partial charge in [-0.25, -0.2) is 9.97 Å². The molecule has 0 aromatic carbocycles. The van der Waals surface area contributed by atoms with Gasteiger partial charge in [0.15, 0.2) is 11.5 Å². The third-order valence-electron chi connectivity index (χ3n) is 2.73. The number of amides is 1. The maximum absolute atomic E-state index is 12.1. The van der Waals surface area contributed by atoms with Gasteiger partial charge in [-0.1, -0.05) is 0 Å². The Morgan fingerprint density at radius 3 is 2.82 bits per heavy atom. The fourth-order valence-corrected chi connectivity index (χ4v) is 2.03. The van der Waals surface area contributed by atoms with Crippen LogP contribution in [-0.2, 0) is 0 Å². The highest BCUT2D eigenvalue weighted by Crippen LogP contribution is 2.16. The zero-order chi connectivity index (χ0) is 12.4. The van der Waals surface area contributed by atoms with Gasteiger partial charge in [0, 0.05) is 13.1 Å². The fourth-order valence-electron chi connectivity index (χ4n) is 1.75. The van der Waals surface area contributed by atoms with Crippen LogP contribution >= 0.6 is 15.9 Å². The summed E-state index contributed by atoms with van der Waals surface area (Å²) in [4.78, 5) is 21.7. The Labute approximate surface area is 107 Å². The molecule has 0 spiro atoms. The largest absolute Gasteiger partial charge is 0.393 e. The number of carbonyl (C=O) groups excluding carboxylic acids is 1. The van der Waals surface area contributed by atoms with Crippen molar-refractivity contribution in [2.45, 2.75) is 18.9 Å². The Kier molecular flexibility index (Phi) is 3.58. The van der Waals surface area contributed by atoms with Gasteiger partial charge in [0.1, 0.15) is 4.60 Å². The summed E-state index contributed by atoms with van der Waals surface area (Å²) in [5, 5.41) is 9.38. The molecule has 0 atom stereocenters. The van der Waals surface area contributed by atoms with Crippen LogP contribution in [0.1, 0.15) is 23.3 Å². The van der Waals surface area contributed by atoms with E-state index in [1.165, 1.54) is 6.20 Å². The number of hydrogen-bond acceptors (Lipinski definition) is 5. The molecule has 92 valence electrons. The molecule has 2 rings (SSSR count). The van der Waals surface area contributed by atoms with Gasteiger partial charge in [-0.15, -0.1) is 0 Å². The van der Waals surface area contributed by atoms with Gasteiger partial charge in [-0.05, 0) is 28.8 Å². The second-order valence-corrected chi connectivity index (χ2v) is 4.76. The molecule has 6 nitrogen and oxygen atoms in total. The van der Waals surface area contributed by atoms with Crippen LogP contribution < -0.4 is 5.73 Å². The van der Waals surface area contributed by atoms with E-state index < -0.39 is 0 Å². The third kappa shape index (κ3) is 2.73. The van der Waals surface area contributed by atoms with Gasteiger partial charge < -0.3 is 15.7 Å². The van der Waals surface area contributed by atoms with Crippen LogP contribution in [0, 0.1) is 0 Å². The number of aliphatic hydroxyl groups is 1. The van der Waals surface area contributed by atoms with Crippen molar-refractivity contribution >= 4 is 27.7 Å². The number of nitrogen functional groups attached to an aromatic ring is 1. The Balaban J connectivity index is 2.16. The second-order valence-electron chi connectivity index (χ2n) is 3.95. The number of aromatic nitrogens is 2. The fraction of sp³-hybridized carbons (Fsp3) is 0.500. The Morgan fingerprint density at radius 1 is 1.53 bits per heavy atom. The number of likely N-dealkylation sites (tertiary alicyclic amines) is 1. The number of carbonyl (C=O) groups is 1. The number of nitrogens with two attached hydrogens (primary N) is 1. The molecule has 17 heavy (non-hydrogen) atoms. The molecule has 0 radical (unpaired) electrons. The first kappa shape index (κ1) is 12.3. The summed E-state index contributed by atoms with van der Waals surface area (Å²) < 4.78 is 0.479. The van der Waals surface area contributed by atoms with Crippen LogP contribution in [0.2, 0.25) is 0 Å². The standard InChI is InChI=1S/C10H13BrN4O2/c11-7-5-13-9(12)8(14-7)10(17)15-3-1-6(16)2-4-15/h5-6,16H,1-4H2,(H2,12,13). The van der Waals surface area contributed by atoms with Gasteiger partial charge in [0.2, 0.25) is 0 Å². The quantitative estimate of drug-likeness (QED) is 0.784. The minimum atomic E-state index is -0.315. The highest BCUT2D eigenvalue weighted by Gasteiger charge is 2.25. The van der Waals surface area contributed by atoms with Gasteiger partial charge in [0.05, 0.1) is 12.3 Å². The van der Waals surface area contributed by atoms with Crippen molar-refractivity contribution in [1.29, 1.82) is 0 Å². The van der Waals surface area contributed by atoms with E-state index in [4.69, 9.17) is 5.73 Å². The Hall–Kier alpha value is -1.21. The van der Waals surface area contributed by atoms with Crippen molar-refractivity contribution in [2.24, 2.45) is 0 Å². The molecule has 0 unspecified atom stereocenters. The molecule has 1 aromatic rings. The number of aliphatic hydroxyl groups excluding tert-OH is 1.